The van der Waals surface area contributed by atoms with Gasteiger partial charge in [-0.3, -0.25) is 0 Å². The Morgan fingerprint density at radius 3 is 2.67 bits per heavy atom. The first-order valence-electron chi connectivity index (χ1n) is 6.89. The van der Waals surface area contributed by atoms with Crippen LogP contribution in [0.25, 0.3) is 0 Å². The third-order valence-electron chi connectivity index (χ3n) is 2.91. The molecule has 0 saturated heterocycles. The molecule has 0 aliphatic rings. The predicted molar refractivity (Wildman–Crippen MR) is 88.0 cm³/mol. The average Bonchev–Trinajstić information content (AvgIpc) is 2.97. The van der Waals surface area contributed by atoms with Crippen molar-refractivity contribution in [1.29, 1.82) is 0 Å². The van der Waals surface area contributed by atoms with E-state index < -0.39 is 21.7 Å². The predicted octanol–water partition coefficient (Wildman–Crippen LogP) is 3.22. The molecule has 24 heavy (non-hydrogen) atoms. The minimum atomic E-state index is -3.74. The molecule has 0 bridgehead atoms. The van der Waals surface area contributed by atoms with Crippen molar-refractivity contribution in [2.24, 2.45) is 0 Å². The third kappa shape index (κ3) is 5.50. The molecule has 0 N–H and O–H groups in total. The molecule has 0 aliphatic heterocycles. The Morgan fingerprint density at radius 1 is 1.29 bits per heavy atom. The SMILES string of the molecule is O=S(=O)(CCC=C(F)F)c1nc(/C=[N+](\[O-])Cc2ccccc2)cs1. The van der Waals surface area contributed by atoms with Crippen LogP contribution < -0.4 is 0 Å². The summed E-state index contributed by atoms with van der Waals surface area (Å²) in [5.74, 6) is -0.456. The van der Waals surface area contributed by atoms with Crippen molar-refractivity contribution in [3.05, 3.63) is 64.3 Å². The van der Waals surface area contributed by atoms with Crippen LogP contribution in [0, 0.1) is 5.21 Å². The van der Waals surface area contributed by atoms with E-state index >= 15 is 0 Å². The molecule has 0 fully saturated rings. The number of nitrogens with zero attached hydrogens (tertiary/aromatic N) is 2. The van der Waals surface area contributed by atoms with E-state index in [1.165, 1.54) is 11.6 Å². The second-order valence-corrected chi connectivity index (χ2v) is 7.97. The van der Waals surface area contributed by atoms with Crippen LogP contribution >= 0.6 is 11.3 Å². The lowest BCUT2D eigenvalue weighted by Crippen LogP contribution is -2.08. The summed E-state index contributed by atoms with van der Waals surface area (Å²) in [4.78, 5) is 3.89. The highest BCUT2D eigenvalue weighted by molar-refractivity contribution is 7.93. The smallest absolute Gasteiger partial charge is 0.266 e. The van der Waals surface area contributed by atoms with E-state index in [1.807, 2.05) is 18.2 Å². The molecule has 9 heteroatoms. The second-order valence-electron chi connectivity index (χ2n) is 4.83. The molecule has 1 heterocycles. The minimum Gasteiger partial charge on any atom is -0.623 e. The number of rotatable bonds is 7. The third-order valence-corrected chi connectivity index (χ3v) is 6.01. The highest BCUT2D eigenvalue weighted by Crippen LogP contribution is 2.18. The van der Waals surface area contributed by atoms with Gasteiger partial charge in [0.25, 0.3) is 6.08 Å². The molecule has 128 valence electrons. The maximum atomic E-state index is 12.0. The van der Waals surface area contributed by atoms with Crippen LogP contribution in [0.2, 0.25) is 0 Å². The Morgan fingerprint density at radius 2 is 2.00 bits per heavy atom. The molecular formula is C15H14F2N2O3S2. The minimum absolute atomic E-state index is 0.112. The largest absolute Gasteiger partial charge is 0.623 e. The van der Waals surface area contributed by atoms with E-state index in [2.05, 4.69) is 4.98 Å². The topological polar surface area (TPSA) is 73.1 Å². The van der Waals surface area contributed by atoms with Gasteiger partial charge < -0.3 is 5.21 Å². The molecule has 2 rings (SSSR count). The molecule has 1 aromatic heterocycles. The van der Waals surface area contributed by atoms with Crippen LogP contribution in [0.3, 0.4) is 0 Å². The zero-order valence-electron chi connectivity index (χ0n) is 12.4. The first-order valence-corrected chi connectivity index (χ1v) is 9.42. The van der Waals surface area contributed by atoms with Crippen LogP contribution in [0.4, 0.5) is 8.78 Å². The van der Waals surface area contributed by atoms with Crippen LogP contribution in [0.1, 0.15) is 17.7 Å². The van der Waals surface area contributed by atoms with Crippen LogP contribution in [-0.4, -0.2) is 30.1 Å². The summed E-state index contributed by atoms with van der Waals surface area (Å²) >= 11 is 0.860. The summed E-state index contributed by atoms with van der Waals surface area (Å²) in [6, 6.07) is 9.06. The first kappa shape index (κ1) is 18.2. The van der Waals surface area contributed by atoms with Gasteiger partial charge in [0.15, 0.2) is 6.54 Å². The highest BCUT2D eigenvalue weighted by atomic mass is 32.2. The number of hydrogen-bond acceptors (Lipinski definition) is 5. The van der Waals surface area contributed by atoms with Gasteiger partial charge in [-0.2, -0.15) is 8.78 Å². The molecule has 2 aromatic rings. The standard InChI is InChI=1S/C15H14F2N2O3S2/c16-14(17)7-4-8-24(21,22)15-18-13(11-23-15)10-19(20)9-12-5-2-1-3-6-12/h1-3,5-7,10-11H,4,8-9H2/b19-10-. The van der Waals surface area contributed by atoms with Crippen molar-refractivity contribution >= 4 is 27.4 Å². The molecule has 1 aromatic carbocycles. The maximum Gasteiger partial charge on any atom is 0.266 e. The van der Waals surface area contributed by atoms with E-state index in [1.54, 1.807) is 12.1 Å². The van der Waals surface area contributed by atoms with Gasteiger partial charge in [0.05, 0.1) is 5.75 Å². The maximum absolute atomic E-state index is 12.0. The molecular weight excluding hydrogens is 358 g/mol. The van der Waals surface area contributed by atoms with E-state index in [0.29, 0.717) is 10.8 Å². The first-order chi connectivity index (χ1) is 11.4. The van der Waals surface area contributed by atoms with Gasteiger partial charge in [-0.25, -0.2) is 18.1 Å². The van der Waals surface area contributed by atoms with Gasteiger partial charge in [-0.05, 0) is 12.5 Å². The Hall–Kier alpha value is -2.13. The number of hydrogen-bond donors (Lipinski definition) is 0. The van der Waals surface area contributed by atoms with Crippen LogP contribution in [-0.2, 0) is 16.4 Å². The monoisotopic (exact) mass is 372 g/mol. The zero-order valence-corrected chi connectivity index (χ0v) is 14.1. The molecule has 0 radical (unpaired) electrons. The van der Waals surface area contributed by atoms with Gasteiger partial charge in [0, 0.05) is 10.9 Å². The number of aromatic nitrogens is 1. The van der Waals surface area contributed by atoms with Crippen molar-refractivity contribution in [3.63, 3.8) is 0 Å². The van der Waals surface area contributed by atoms with Crippen LogP contribution in [0.5, 0.6) is 0 Å². The number of allylic oxidation sites excluding steroid dienone is 1. The zero-order chi connectivity index (χ0) is 17.6. The average molecular weight is 372 g/mol. The molecule has 0 atom stereocenters. The summed E-state index contributed by atoms with van der Waals surface area (Å²) in [7, 11) is -3.74. The van der Waals surface area contributed by atoms with E-state index in [-0.39, 0.29) is 23.0 Å². The lowest BCUT2D eigenvalue weighted by atomic mass is 10.2. The fourth-order valence-electron chi connectivity index (χ4n) is 1.84. The van der Waals surface area contributed by atoms with Gasteiger partial charge in [-0.15, -0.1) is 11.3 Å². The van der Waals surface area contributed by atoms with Gasteiger partial charge >= 0.3 is 0 Å². The highest BCUT2D eigenvalue weighted by Gasteiger charge is 2.18. The normalized spacial score (nSPS) is 12.2. The van der Waals surface area contributed by atoms with Crippen molar-refractivity contribution in [2.75, 3.05) is 5.75 Å². The quantitative estimate of drug-likeness (QED) is 0.324. The van der Waals surface area contributed by atoms with Gasteiger partial charge in [0.2, 0.25) is 20.4 Å². The molecule has 0 aliphatic carbocycles. The molecule has 0 amide bonds. The summed E-state index contributed by atoms with van der Waals surface area (Å²) in [6.07, 6.45) is -0.451. The Bertz CT molecular complexity index is 843. The Labute approximate surface area is 142 Å². The van der Waals surface area contributed by atoms with E-state index in [4.69, 9.17) is 0 Å². The Balaban J connectivity index is 2.07. The summed E-state index contributed by atoms with van der Waals surface area (Å²) in [5, 5.41) is 13.3. The fraction of sp³-hybridized carbons (Fsp3) is 0.200. The van der Waals surface area contributed by atoms with Crippen LogP contribution in [0.15, 0.2) is 52.2 Å². The number of sulfone groups is 1. The molecule has 0 saturated carbocycles. The van der Waals surface area contributed by atoms with E-state index in [9.17, 15) is 22.4 Å². The molecule has 5 nitrogen and oxygen atoms in total. The molecule has 0 unspecified atom stereocenters. The fourth-order valence-corrected chi connectivity index (χ4v) is 4.16. The Kier molecular flexibility index (Phi) is 6.16. The number of halogens is 2. The van der Waals surface area contributed by atoms with Crippen molar-refractivity contribution in [2.45, 2.75) is 17.3 Å². The lowest BCUT2D eigenvalue weighted by Gasteiger charge is -2.02. The molecule has 0 spiro atoms. The van der Waals surface area contributed by atoms with E-state index in [0.717, 1.165) is 16.9 Å². The summed E-state index contributed by atoms with van der Waals surface area (Å²) in [6.45, 7) is 0.112. The lowest BCUT2D eigenvalue weighted by molar-refractivity contribution is -0.469. The van der Waals surface area contributed by atoms with Crippen molar-refractivity contribution in [3.8, 4) is 0 Å². The number of benzene rings is 1. The summed E-state index contributed by atoms with van der Waals surface area (Å²) in [5.41, 5.74) is 1.03. The van der Waals surface area contributed by atoms with Gasteiger partial charge in [0.1, 0.15) is 5.69 Å². The second kappa shape index (κ2) is 8.11. The number of thiazole rings is 1. The summed E-state index contributed by atoms with van der Waals surface area (Å²) < 4.78 is 48.3. The van der Waals surface area contributed by atoms with Crippen molar-refractivity contribution < 1.29 is 21.9 Å². The van der Waals surface area contributed by atoms with Crippen molar-refractivity contribution in [1.82, 2.24) is 4.98 Å². The van der Waals surface area contributed by atoms with Gasteiger partial charge in [-0.1, -0.05) is 30.3 Å². The number of hydroxylamine groups is 1.